The van der Waals surface area contributed by atoms with Gasteiger partial charge in [0.1, 0.15) is 17.9 Å². The van der Waals surface area contributed by atoms with Crippen LogP contribution in [0.25, 0.3) is 0 Å². The quantitative estimate of drug-likeness (QED) is 0.714. The maximum Gasteiger partial charge on any atom is 0.320 e. The summed E-state index contributed by atoms with van der Waals surface area (Å²) in [5, 5.41) is 2.84. The summed E-state index contributed by atoms with van der Waals surface area (Å²) in [7, 11) is 1.58. The summed E-state index contributed by atoms with van der Waals surface area (Å²) in [6.07, 6.45) is 0.260. The van der Waals surface area contributed by atoms with Crippen LogP contribution < -0.4 is 10.1 Å². The Morgan fingerprint density at radius 1 is 1.23 bits per heavy atom. The second kappa shape index (κ2) is 10.0. The molecule has 0 spiro atoms. The highest BCUT2D eigenvalue weighted by molar-refractivity contribution is 5.87. The van der Waals surface area contributed by atoms with Crippen molar-refractivity contribution >= 4 is 11.9 Å². The number of ether oxygens (including phenoxy) is 2. The molecule has 0 bridgehead atoms. The third kappa shape index (κ3) is 5.11. The predicted octanol–water partition coefficient (Wildman–Crippen LogP) is 1.73. The van der Waals surface area contributed by atoms with Crippen LogP contribution in [0.4, 0.5) is 4.79 Å². The highest BCUT2D eigenvalue weighted by atomic mass is 16.5. The van der Waals surface area contributed by atoms with Gasteiger partial charge in [-0.3, -0.25) is 4.79 Å². The van der Waals surface area contributed by atoms with Gasteiger partial charge in [0.15, 0.2) is 0 Å². The van der Waals surface area contributed by atoms with Crippen molar-refractivity contribution in [1.29, 1.82) is 0 Å². The number of rotatable bonds is 8. The van der Waals surface area contributed by atoms with Crippen molar-refractivity contribution in [3.63, 3.8) is 0 Å². The van der Waals surface area contributed by atoms with Crippen LogP contribution in [0.5, 0.6) is 5.75 Å². The number of carbonyl (C=O) groups is 2. The van der Waals surface area contributed by atoms with Gasteiger partial charge >= 0.3 is 6.03 Å². The van der Waals surface area contributed by atoms with E-state index in [9.17, 15) is 9.59 Å². The van der Waals surface area contributed by atoms with Gasteiger partial charge in [-0.05, 0) is 26.0 Å². The van der Waals surface area contributed by atoms with Crippen molar-refractivity contribution in [3.05, 3.63) is 30.3 Å². The molecule has 1 heterocycles. The Morgan fingerprint density at radius 2 is 1.92 bits per heavy atom. The highest BCUT2D eigenvalue weighted by Crippen LogP contribution is 2.24. The van der Waals surface area contributed by atoms with Crippen molar-refractivity contribution in [1.82, 2.24) is 15.1 Å². The number of hydrogen-bond donors (Lipinski definition) is 1. The molecule has 0 saturated carbocycles. The number of urea groups is 1. The van der Waals surface area contributed by atoms with E-state index in [-0.39, 0.29) is 18.0 Å². The average Bonchev–Trinajstić information content (AvgIpc) is 3.07. The second-order valence-electron chi connectivity index (χ2n) is 6.20. The molecule has 1 aromatic rings. The first-order chi connectivity index (χ1) is 12.6. The number of likely N-dealkylation sites (tertiary alicyclic amines) is 1. The van der Waals surface area contributed by atoms with E-state index >= 15 is 0 Å². The van der Waals surface area contributed by atoms with Crippen molar-refractivity contribution in [2.45, 2.75) is 32.4 Å². The third-order valence-corrected chi connectivity index (χ3v) is 4.50. The number of methoxy groups -OCH3 is 1. The molecule has 26 heavy (non-hydrogen) atoms. The minimum absolute atomic E-state index is 0.124. The van der Waals surface area contributed by atoms with E-state index in [2.05, 4.69) is 5.32 Å². The molecule has 2 rings (SSSR count). The zero-order valence-electron chi connectivity index (χ0n) is 15.8. The fourth-order valence-corrected chi connectivity index (χ4v) is 3.10. The summed E-state index contributed by atoms with van der Waals surface area (Å²) in [5.74, 6) is 0.579. The van der Waals surface area contributed by atoms with Crippen molar-refractivity contribution < 1.29 is 19.1 Å². The molecule has 2 atom stereocenters. The van der Waals surface area contributed by atoms with E-state index in [0.29, 0.717) is 39.2 Å². The normalized spacial score (nSPS) is 19.3. The maximum absolute atomic E-state index is 12.8. The van der Waals surface area contributed by atoms with Crippen LogP contribution in [0.15, 0.2) is 30.3 Å². The largest absolute Gasteiger partial charge is 0.488 e. The number of nitrogens with zero attached hydrogens (tertiary/aromatic N) is 2. The highest BCUT2D eigenvalue weighted by Gasteiger charge is 2.41. The molecule has 144 valence electrons. The molecule has 0 unspecified atom stereocenters. The molecule has 0 aliphatic carbocycles. The summed E-state index contributed by atoms with van der Waals surface area (Å²) in [4.78, 5) is 28.8. The molecule has 0 radical (unpaired) electrons. The third-order valence-electron chi connectivity index (χ3n) is 4.50. The lowest BCUT2D eigenvalue weighted by atomic mass is 10.2. The lowest BCUT2D eigenvalue weighted by molar-refractivity contribution is -0.125. The smallest absolute Gasteiger partial charge is 0.320 e. The molecule has 7 nitrogen and oxygen atoms in total. The lowest BCUT2D eigenvalue weighted by Crippen LogP contribution is -2.51. The van der Waals surface area contributed by atoms with Gasteiger partial charge in [-0.15, -0.1) is 0 Å². The van der Waals surface area contributed by atoms with Crippen LogP contribution in [0.2, 0.25) is 0 Å². The SMILES string of the molecule is CCN(CC)C(=O)N1C[C@@H](Oc2ccccc2)C[C@H]1C(=O)NCCOC. The Morgan fingerprint density at radius 3 is 2.54 bits per heavy atom. The molecule has 1 aromatic carbocycles. The number of carbonyl (C=O) groups excluding carboxylic acids is 2. The first-order valence-corrected chi connectivity index (χ1v) is 9.14. The van der Waals surface area contributed by atoms with Crippen LogP contribution in [-0.2, 0) is 9.53 Å². The topological polar surface area (TPSA) is 71.1 Å². The summed E-state index contributed by atoms with van der Waals surface area (Å²) in [6, 6.07) is 8.82. The minimum Gasteiger partial charge on any atom is -0.488 e. The Bertz CT molecular complexity index is 577. The Balaban J connectivity index is 2.09. The van der Waals surface area contributed by atoms with Gasteiger partial charge in [-0.1, -0.05) is 18.2 Å². The first kappa shape index (κ1) is 20.0. The van der Waals surface area contributed by atoms with Crippen LogP contribution in [-0.4, -0.2) is 73.8 Å². The van der Waals surface area contributed by atoms with Crippen LogP contribution in [0.3, 0.4) is 0 Å². The van der Waals surface area contributed by atoms with Gasteiger partial charge in [0, 0.05) is 33.2 Å². The summed E-state index contributed by atoms with van der Waals surface area (Å²) < 4.78 is 11.0. The van der Waals surface area contributed by atoms with E-state index in [4.69, 9.17) is 9.47 Å². The molecular formula is C19H29N3O4. The van der Waals surface area contributed by atoms with E-state index < -0.39 is 6.04 Å². The average molecular weight is 363 g/mol. The molecule has 1 aliphatic heterocycles. The molecule has 1 fully saturated rings. The number of amides is 3. The summed E-state index contributed by atoms with van der Waals surface area (Å²) >= 11 is 0. The molecule has 1 saturated heterocycles. The van der Waals surface area contributed by atoms with Gasteiger partial charge in [-0.2, -0.15) is 0 Å². The molecule has 7 heteroatoms. The lowest BCUT2D eigenvalue weighted by Gasteiger charge is -2.29. The van der Waals surface area contributed by atoms with Crippen LogP contribution >= 0.6 is 0 Å². The van der Waals surface area contributed by atoms with Gasteiger partial charge in [0.2, 0.25) is 5.91 Å². The Kier molecular flexibility index (Phi) is 7.72. The van der Waals surface area contributed by atoms with Gasteiger partial charge in [0.05, 0.1) is 13.2 Å². The summed E-state index contributed by atoms with van der Waals surface area (Å²) in [5.41, 5.74) is 0. The van der Waals surface area contributed by atoms with Crippen molar-refractivity contribution in [3.8, 4) is 5.75 Å². The zero-order valence-corrected chi connectivity index (χ0v) is 15.8. The molecular weight excluding hydrogens is 334 g/mol. The van der Waals surface area contributed by atoms with E-state index in [1.54, 1.807) is 16.9 Å². The van der Waals surface area contributed by atoms with Gasteiger partial charge in [-0.25, -0.2) is 4.79 Å². The van der Waals surface area contributed by atoms with Crippen molar-refractivity contribution in [2.24, 2.45) is 0 Å². The molecule has 0 aromatic heterocycles. The van der Waals surface area contributed by atoms with E-state index in [1.807, 2.05) is 44.2 Å². The van der Waals surface area contributed by atoms with E-state index in [0.717, 1.165) is 5.75 Å². The number of hydrogen-bond acceptors (Lipinski definition) is 4. The fraction of sp³-hybridized carbons (Fsp3) is 0.579. The zero-order chi connectivity index (χ0) is 18.9. The van der Waals surface area contributed by atoms with E-state index in [1.165, 1.54) is 0 Å². The summed E-state index contributed by atoms with van der Waals surface area (Å²) in [6.45, 7) is 6.33. The molecule has 3 amide bonds. The second-order valence-corrected chi connectivity index (χ2v) is 6.20. The monoisotopic (exact) mass is 363 g/mol. The standard InChI is InChI=1S/C19H29N3O4/c1-4-21(5-2)19(24)22-14-16(26-15-9-7-6-8-10-15)13-17(22)18(23)20-11-12-25-3/h6-10,16-17H,4-5,11-14H2,1-3H3,(H,20,23)/t16-,17-/m0/s1. The van der Waals surface area contributed by atoms with Gasteiger partial charge in [0.25, 0.3) is 0 Å². The number of benzene rings is 1. The number of nitrogens with one attached hydrogen (secondary N) is 1. The van der Waals surface area contributed by atoms with Crippen LogP contribution in [0.1, 0.15) is 20.3 Å². The Hall–Kier alpha value is -2.28. The maximum atomic E-state index is 12.8. The first-order valence-electron chi connectivity index (χ1n) is 9.14. The number of para-hydroxylation sites is 1. The van der Waals surface area contributed by atoms with Crippen molar-refractivity contribution in [2.75, 3.05) is 39.9 Å². The van der Waals surface area contributed by atoms with Crippen LogP contribution in [0, 0.1) is 0 Å². The fourth-order valence-electron chi connectivity index (χ4n) is 3.10. The minimum atomic E-state index is -0.534. The predicted molar refractivity (Wildman–Crippen MR) is 99.2 cm³/mol. The molecule has 1 aliphatic rings. The Labute approximate surface area is 155 Å². The van der Waals surface area contributed by atoms with Gasteiger partial charge < -0.3 is 24.6 Å². The molecule has 1 N–H and O–H groups in total.